The lowest BCUT2D eigenvalue weighted by atomic mass is 9.96. The number of benzene rings is 1. The standard InChI is InChI=1S/C18H27NO3/c20-18(16-4-2-1-3-5-16)12-17-14-22-11-8-19(17)13-15-6-9-21-10-7-15/h1-5,15,17-18,20H,6-14H2. The van der Waals surface area contributed by atoms with Crippen molar-refractivity contribution in [3.05, 3.63) is 35.9 Å². The molecule has 4 nitrogen and oxygen atoms in total. The second-order valence-corrected chi connectivity index (χ2v) is 6.44. The number of hydrogen-bond acceptors (Lipinski definition) is 4. The van der Waals surface area contributed by atoms with Gasteiger partial charge in [-0.15, -0.1) is 0 Å². The first-order chi connectivity index (χ1) is 10.8. The van der Waals surface area contributed by atoms with Crippen LogP contribution in [0.4, 0.5) is 0 Å². The molecule has 0 aliphatic carbocycles. The molecule has 0 saturated carbocycles. The smallest absolute Gasteiger partial charge is 0.0805 e. The van der Waals surface area contributed by atoms with Gasteiger partial charge in [-0.2, -0.15) is 0 Å². The molecule has 2 aliphatic rings. The third kappa shape index (κ3) is 4.29. The minimum atomic E-state index is -0.412. The maximum atomic E-state index is 10.5. The third-order valence-corrected chi connectivity index (χ3v) is 4.86. The van der Waals surface area contributed by atoms with Gasteiger partial charge in [-0.25, -0.2) is 0 Å². The molecule has 0 aromatic heterocycles. The van der Waals surface area contributed by atoms with Crippen molar-refractivity contribution in [1.82, 2.24) is 4.90 Å². The molecule has 1 N–H and O–H groups in total. The summed E-state index contributed by atoms with van der Waals surface area (Å²) in [5.74, 6) is 0.725. The van der Waals surface area contributed by atoms with E-state index in [1.165, 1.54) is 0 Å². The van der Waals surface area contributed by atoms with Gasteiger partial charge in [-0.05, 0) is 30.7 Å². The van der Waals surface area contributed by atoms with Crippen LogP contribution in [-0.4, -0.2) is 55.6 Å². The van der Waals surface area contributed by atoms with E-state index >= 15 is 0 Å². The minimum absolute atomic E-state index is 0.312. The highest BCUT2D eigenvalue weighted by Gasteiger charge is 2.28. The molecule has 3 rings (SSSR count). The van der Waals surface area contributed by atoms with Crippen LogP contribution in [0.25, 0.3) is 0 Å². The van der Waals surface area contributed by atoms with Gasteiger partial charge in [-0.3, -0.25) is 4.90 Å². The summed E-state index contributed by atoms with van der Waals surface area (Å²) in [4.78, 5) is 2.52. The van der Waals surface area contributed by atoms with Crippen LogP contribution in [0.2, 0.25) is 0 Å². The van der Waals surface area contributed by atoms with Gasteiger partial charge in [0.05, 0.1) is 19.3 Å². The summed E-state index contributed by atoms with van der Waals surface area (Å²) in [6.07, 6.45) is 2.65. The number of aliphatic hydroxyl groups excluding tert-OH is 1. The van der Waals surface area contributed by atoms with E-state index in [0.717, 1.165) is 70.3 Å². The van der Waals surface area contributed by atoms with Gasteiger partial charge < -0.3 is 14.6 Å². The summed E-state index contributed by atoms with van der Waals surface area (Å²) in [6, 6.07) is 10.3. The summed E-state index contributed by atoms with van der Waals surface area (Å²) in [5.41, 5.74) is 0.999. The van der Waals surface area contributed by atoms with E-state index in [9.17, 15) is 5.11 Å². The Bertz CT molecular complexity index is 433. The summed E-state index contributed by atoms with van der Waals surface area (Å²) < 4.78 is 11.1. The number of rotatable bonds is 5. The number of morpholine rings is 1. The van der Waals surface area contributed by atoms with Crippen molar-refractivity contribution in [1.29, 1.82) is 0 Å². The Kier molecular flexibility index (Phi) is 5.84. The Morgan fingerprint density at radius 1 is 1.09 bits per heavy atom. The first-order valence-electron chi connectivity index (χ1n) is 8.45. The Balaban J connectivity index is 1.57. The van der Waals surface area contributed by atoms with Crippen LogP contribution in [0.15, 0.2) is 30.3 Å². The van der Waals surface area contributed by atoms with E-state index in [0.29, 0.717) is 6.04 Å². The summed E-state index contributed by atoms with van der Waals surface area (Å²) in [6.45, 7) is 5.41. The first kappa shape index (κ1) is 15.9. The minimum Gasteiger partial charge on any atom is -0.388 e. The van der Waals surface area contributed by atoms with Crippen LogP contribution < -0.4 is 0 Å². The van der Waals surface area contributed by atoms with Crippen LogP contribution >= 0.6 is 0 Å². The molecule has 1 aromatic carbocycles. The molecule has 2 saturated heterocycles. The fourth-order valence-electron chi connectivity index (χ4n) is 3.48. The maximum Gasteiger partial charge on any atom is 0.0805 e. The summed E-state index contributed by atoms with van der Waals surface area (Å²) >= 11 is 0. The average molecular weight is 305 g/mol. The number of ether oxygens (including phenoxy) is 2. The van der Waals surface area contributed by atoms with Crippen molar-refractivity contribution in [3.8, 4) is 0 Å². The second-order valence-electron chi connectivity index (χ2n) is 6.44. The predicted molar refractivity (Wildman–Crippen MR) is 85.7 cm³/mol. The fraction of sp³-hybridized carbons (Fsp3) is 0.667. The van der Waals surface area contributed by atoms with Crippen molar-refractivity contribution in [2.75, 3.05) is 39.5 Å². The number of hydrogen-bond donors (Lipinski definition) is 1. The molecule has 2 heterocycles. The van der Waals surface area contributed by atoms with Crippen LogP contribution in [0, 0.1) is 5.92 Å². The summed E-state index contributed by atoms with van der Waals surface area (Å²) in [7, 11) is 0. The molecule has 0 bridgehead atoms. The molecule has 0 radical (unpaired) electrons. The van der Waals surface area contributed by atoms with Crippen molar-refractivity contribution in [2.24, 2.45) is 5.92 Å². The van der Waals surface area contributed by atoms with E-state index < -0.39 is 6.10 Å². The van der Waals surface area contributed by atoms with Gasteiger partial charge in [0.1, 0.15) is 0 Å². The first-order valence-corrected chi connectivity index (χ1v) is 8.45. The Morgan fingerprint density at radius 3 is 2.64 bits per heavy atom. The van der Waals surface area contributed by atoms with Crippen LogP contribution in [0.5, 0.6) is 0 Å². The molecule has 22 heavy (non-hydrogen) atoms. The molecule has 1 aromatic rings. The van der Waals surface area contributed by atoms with E-state index in [-0.39, 0.29) is 0 Å². The molecule has 0 spiro atoms. The Morgan fingerprint density at radius 2 is 1.86 bits per heavy atom. The van der Waals surface area contributed by atoms with Crippen LogP contribution in [0.3, 0.4) is 0 Å². The predicted octanol–water partition coefficient (Wildman–Crippen LogP) is 2.24. The van der Waals surface area contributed by atoms with Crippen LogP contribution in [-0.2, 0) is 9.47 Å². The maximum absolute atomic E-state index is 10.5. The zero-order valence-electron chi connectivity index (χ0n) is 13.2. The molecule has 122 valence electrons. The largest absolute Gasteiger partial charge is 0.388 e. The fourth-order valence-corrected chi connectivity index (χ4v) is 3.48. The molecule has 2 atom stereocenters. The van der Waals surface area contributed by atoms with Gasteiger partial charge in [0.2, 0.25) is 0 Å². The zero-order chi connectivity index (χ0) is 15.2. The Hall–Kier alpha value is -0.940. The van der Waals surface area contributed by atoms with E-state index in [1.54, 1.807) is 0 Å². The monoisotopic (exact) mass is 305 g/mol. The molecule has 4 heteroatoms. The van der Waals surface area contributed by atoms with E-state index in [2.05, 4.69) is 4.90 Å². The highest BCUT2D eigenvalue weighted by molar-refractivity contribution is 5.17. The molecular weight excluding hydrogens is 278 g/mol. The lowest BCUT2D eigenvalue weighted by Gasteiger charge is -2.39. The highest BCUT2D eigenvalue weighted by Crippen LogP contribution is 2.25. The number of nitrogens with zero attached hydrogens (tertiary/aromatic N) is 1. The summed E-state index contributed by atoms with van der Waals surface area (Å²) in [5, 5.41) is 10.5. The van der Waals surface area contributed by atoms with Gasteiger partial charge in [0.25, 0.3) is 0 Å². The second kappa shape index (κ2) is 8.06. The number of aliphatic hydroxyl groups is 1. The normalized spacial score (nSPS) is 26.0. The zero-order valence-corrected chi connectivity index (χ0v) is 13.2. The lowest BCUT2D eigenvalue weighted by molar-refractivity contribution is -0.0407. The quantitative estimate of drug-likeness (QED) is 0.906. The molecule has 2 fully saturated rings. The van der Waals surface area contributed by atoms with E-state index in [4.69, 9.17) is 9.47 Å². The van der Waals surface area contributed by atoms with Crippen molar-refractivity contribution < 1.29 is 14.6 Å². The van der Waals surface area contributed by atoms with Crippen molar-refractivity contribution in [2.45, 2.75) is 31.4 Å². The Labute approximate surface area is 133 Å². The van der Waals surface area contributed by atoms with Gasteiger partial charge >= 0.3 is 0 Å². The average Bonchev–Trinajstić information content (AvgIpc) is 2.58. The SMILES string of the molecule is OC(CC1COCCN1CC1CCOCC1)c1ccccc1. The third-order valence-electron chi connectivity index (χ3n) is 4.86. The van der Waals surface area contributed by atoms with E-state index in [1.807, 2.05) is 30.3 Å². The molecule has 0 amide bonds. The van der Waals surface area contributed by atoms with Gasteiger partial charge in [0.15, 0.2) is 0 Å². The van der Waals surface area contributed by atoms with Crippen molar-refractivity contribution in [3.63, 3.8) is 0 Å². The van der Waals surface area contributed by atoms with Gasteiger partial charge in [0, 0.05) is 32.3 Å². The molecular formula is C18H27NO3. The lowest BCUT2D eigenvalue weighted by Crippen LogP contribution is -2.48. The topological polar surface area (TPSA) is 41.9 Å². The van der Waals surface area contributed by atoms with Crippen LogP contribution in [0.1, 0.15) is 30.9 Å². The van der Waals surface area contributed by atoms with Gasteiger partial charge in [-0.1, -0.05) is 30.3 Å². The van der Waals surface area contributed by atoms with Crippen molar-refractivity contribution >= 4 is 0 Å². The molecule has 2 aliphatic heterocycles. The molecule has 2 unspecified atom stereocenters. The highest BCUT2D eigenvalue weighted by atomic mass is 16.5.